The van der Waals surface area contributed by atoms with Crippen molar-refractivity contribution in [1.29, 1.82) is 0 Å². The first kappa shape index (κ1) is 16.6. The maximum atomic E-state index is 12.8. The van der Waals surface area contributed by atoms with Crippen LogP contribution >= 0.6 is 0 Å². The predicted molar refractivity (Wildman–Crippen MR) is 95.1 cm³/mol. The van der Waals surface area contributed by atoms with Crippen LogP contribution in [0.3, 0.4) is 0 Å². The number of sulfone groups is 1. The van der Waals surface area contributed by atoms with Gasteiger partial charge in [-0.1, -0.05) is 18.2 Å². The minimum Gasteiger partial charge on any atom is -0.488 e. The molecule has 2 saturated heterocycles. The molecule has 0 bridgehead atoms. The van der Waals surface area contributed by atoms with Gasteiger partial charge >= 0.3 is 0 Å². The van der Waals surface area contributed by atoms with E-state index in [9.17, 15) is 13.2 Å². The van der Waals surface area contributed by atoms with E-state index in [1.54, 1.807) is 0 Å². The molecule has 0 saturated carbocycles. The fourth-order valence-corrected chi connectivity index (χ4v) is 5.56. The molecule has 1 unspecified atom stereocenters. The fourth-order valence-electron chi connectivity index (χ4n) is 3.80. The number of fused-ring (bicyclic) bond motifs is 1. The Morgan fingerprint density at radius 3 is 2.60 bits per heavy atom. The van der Waals surface area contributed by atoms with Crippen LogP contribution in [0.4, 0.5) is 0 Å². The molecule has 7 heteroatoms. The number of hydrogen-bond acceptors (Lipinski definition) is 5. The van der Waals surface area contributed by atoms with Crippen molar-refractivity contribution in [2.75, 3.05) is 44.3 Å². The van der Waals surface area contributed by atoms with Crippen LogP contribution < -0.4 is 4.74 Å². The van der Waals surface area contributed by atoms with Gasteiger partial charge in [0.1, 0.15) is 12.4 Å². The third-order valence-electron chi connectivity index (χ3n) is 5.23. The van der Waals surface area contributed by atoms with Gasteiger partial charge in [-0.25, -0.2) is 8.42 Å². The molecule has 3 aliphatic heterocycles. The molecule has 3 aliphatic rings. The monoisotopic (exact) mass is 362 g/mol. The number of nitrogens with zero attached hydrogens (tertiary/aromatic N) is 2. The number of amides is 1. The van der Waals surface area contributed by atoms with E-state index in [1.165, 1.54) is 0 Å². The van der Waals surface area contributed by atoms with E-state index >= 15 is 0 Å². The van der Waals surface area contributed by atoms with Gasteiger partial charge < -0.3 is 9.64 Å². The van der Waals surface area contributed by atoms with E-state index in [0.29, 0.717) is 37.4 Å². The summed E-state index contributed by atoms with van der Waals surface area (Å²) < 4.78 is 29.0. The van der Waals surface area contributed by atoms with Crippen molar-refractivity contribution < 1.29 is 17.9 Å². The van der Waals surface area contributed by atoms with Gasteiger partial charge in [-0.05, 0) is 18.6 Å². The first-order chi connectivity index (χ1) is 12.0. The summed E-state index contributed by atoms with van der Waals surface area (Å²) in [6, 6.07) is 7.82. The summed E-state index contributed by atoms with van der Waals surface area (Å²) in [4.78, 5) is 16.8. The van der Waals surface area contributed by atoms with Crippen LogP contribution in [-0.2, 0) is 14.6 Å². The van der Waals surface area contributed by atoms with Crippen LogP contribution in [0, 0.1) is 0 Å². The van der Waals surface area contributed by atoms with E-state index in [2.05, 4.69) is 4.90 Å². The molecule has 0 spiro atoms. The third kappa shape index (κ3) is 3.43. The number of benzene rings is 1. The Bertz CT molecular complexity index is 810. The highest BCUT2D eigenvalue weighted by atomic mass is 32.2. The number of hydrogen-bond donors (Lipinski definition) is 0. The first-order valence-electron chi connectivity index (χ1n) is 8.68. The second-order valence-corrected chi connectivity index (χ2v) is 9.11. The van der Waals surface area contributed by atoms with Crippen molar-refractivity contribution >= 4 is 21.8 Å². The molecule has 0 aliphatic carbocycles. The van der Waals surface area contributed by atoms with Crippen LogP contribution in [0.2, 0.25) is 0 Å². The van der Waals surface area contributed by atoms with Crippen molar-refractivity contribution in [1.82, 2.24) is 9.80 Å². The number of piperazine rings is 1. The zero-order valence-electron chi connectivity index (χ0n) is 14.1. The Hall–Kier alpha value is -1.86. The summed E-state index contributed by atoms with van der Waals surface area (Å²) in [6.07, 6.45) is 2.63. The SMILES string of the molecule is O=C(C1=Cc2ccccc2OC1)N1CCN(C2CCS(=O)(=O)C2)CC1. The van der Waals surface area contributed by atoms with Crippen molar-refractivity contribution in [3.05, 3.63) is 35.4 Å². The summed E-state index contributed by atoms with van der Waals surface area (Å²) in [5, 5.41) is 0. The molecule has 0 aromatic heterocycles. The van der Waals surface area contributed by atoms with Crippen LogP contribution in [-0.4, -0.2) is 74.5 Å². The van der Waals surface area contributed by atoms with Crippen LogP contribution in [0.1, 0.15) is 12.0 Å². The lowest BCUT2D eigenvalue weighted by Gasteiger charge is -2.38. The smallest absolute Gasteiger partial charge is 0.253 e. The van der Waals surface area contributed by atoms with Gasteiger partial charge in [0, 0.05) is 37.8 Å². The summed E-state index contributed by atoms with van der Waals surface area (Å²) in [6.45, 7) is 3.03. The number of rotatable bonds is 2. The Morgan fingerprint density at radius 1 is 1.12 bits per heavy atom. The molecular formula is C18H22N2O4S. The highest BCUT2D eigenvalue weighted by Gasteiger charge is 2.34. The van der Waals surface area contributed by atoms with E-state index in [0.717, 1.165) is 24.4 Å². The minimum atomic E-state index is -2.87. The molecular weight excluding hydrogens is 340 g/mol. The van der Waals surface area contributed by atoms with E-state index in [4.69, 9.17) is 4.74 Å². The lowest BCUT2D eigenvalue weighted by Crippen LogP contribution is -2.52. The Kier molecular flexibility index (Phi) is 4.29. The standard InChI is InChI=1S/C18H22N2O4S/c21-18(15-11-14-3-1-2-4-17(14)24-12-15)20-8-6-19(7-9-20)16-5-10-25(22,23)13-16/h1-4,11,16H,5-10,12-13H2. The molecule has 0 radical (unpaired) electrons. The Labute approximate surface area is 148 Å². The predicted octanol–water partition coefficient (Wildman–Crippen LogP) is 0.794. The quantitative estimate of drug-likeness (QED) is 0.778. The van der Waals surface area contributed by atoms with E-state index in [-0.39, 0.29) is 17.7 Å². The summed E-state index contributed by atoms with van der Waals surface area (Å²) in [5.74, 6) is 1.39. The molecule has 1 aromatic rings. The number of carbonyl (C=O) groups is 1. The second kappa shape index (κ2) is 6.46. The number of carbonyl (C=O) groups excluding carboxylic acids is 1. The molecule has 1 atom stereocenters. The average molecular weight is 362 g/mol. The third-order valence-corrected chi connectivity index (χ3v) is 6.98. The van der Waals surface area contributed by atoms with Gasteiger partial charge in [-0.3, -0.25) is 9.69 Å². The van der Waals surface area contributed by atoms with Crippen molar-refractivity contribution in [2.24, 2.45) is 0 Å². The van der Waals surface area contributed by atoms with Gasteiger partial charge in [-0.2, -0.15) is 0 Å². The first-order valence-corrected chi connectivity index (χ1v) is 10.5. The van der Waals surface area contributed by atoms with E-state index in [1.807, 2.05) is 35.2 Å². The zero-order chi connectivity index (χ0) is 17.4. The van der Waals surface area contributed by atoms with Crippen molar-refractivity contribution in [3.63, 3.8) is 0 Å². The Balaban J connectivity index is 1.38. The van der Waals surface area contributed by atoms with Crippen LogP contribution in [0.5, 0.6) is 5.75 Å². The van der Waals surface area contributed by atoms with Crippen LogP contribution in [0.25, 0.3) is 6.08 Å². The average Bonchev–Trinajstić information content (AvgIpc) is 3.01. The molecule has 1 amide bonds. The molecule has 0 N–H and O–H groups in total. The highest BCUT2D eigenvalue weighted by molar-refractivity contribution is 7.91. The molecule has 4 rings (SSSR count). The van der Waals surface area contributed by atoms with Crippen molar-refractivity contribution in [3.8, 4) is 5.75 Å². The molecule has 3 heterocycles. The zero-order valence-corrected chi connectivity index (χ0v) is 14.9. The molecule has 2 fully saturated rings. The minimum absolute atomic E-state index is 0.0215. The fraction of sp³-hybridized carbons (Fsp3) is 0.500. The van der Waals surface area contributed by atoms with E-state index < -0.39 is 9.84 Å². The number of para-hydroxylation sites is 1. The summed E-state index contributed by atoms with van der Waals surface area (Å²) in [7, 11) is -2.87. The number of ether oxygens (including phenoxy) is 1. The molecule has 25 heavy (non-hydrogen) atoms. The normalized spacial score (nSPS) is 25.8. The van der Waals surface area contributed by atoms with Crippen molar-refractivity contribution in [2.45, 2.75) is 12.5 Å². The van der Waals surface area contributed by atoms with Gasteiger partial charge in [0.2, 0.25) is 0 Å². The van der Waals surface area contributed by atoms with Gasteiger partial charge in [-0.15, -0.1) is 0 Å². The summed E-state index contributed by atoms with van der Waals surface area (Å²) in [5.41, 5.74) is 1.61. The topological polar surface area (TPSA) is 66.9 Å². The summed E-state index contributed by atoms with van der Waals surface area (Å²) >= 11 is 0. The Morgan fingerprint density at radius 2 is 1.88 bits per heavy atom. The lowest BCUT2D eigenvalue weighted by molar-refractivity contribution is -0.129. The maximum absolute atomic E-state index is 12.8. The maximum Gasteiger partial charge on any atom is 0.253 e. The molecule has 134 valence electrons. The van der Waals surface area contributed by atoms with Crippen LogP contribution in [0.15, 0.2) is 29.8 Å². The molecule has 6 nitrogen and oxygen atoms in total. The highest BCUT2D eigenvalue weighted by Crippen LogP contribution is 2.27. The van der Waals surface area contributed by atoms with Gasteiger partial charge in [0.25, 0.3) is 5.91 Å². The largest absolute Gasteiger partial charge is 0.488 e. The van der Waals surface area contributed by atoms with Gasteiger partial charge in [0.05, 0.1) is 17.1 Å². The molecule has 1 aromatic carbocycles. The van der Waals surface area contributed by atoms with Gasteiger partial charge in [0.15, 0.2) is 9.84 Å². The second-order valence-electron chi connectivity index (χ2n) is 6.88. The lowest BCUT2D eigenvalue weighted by atomic mass is 10.1.